The van der Waals surface area contributed by atoms with Gasteiger partial charge in [0.05, 0.1) is 19.3 Å². The van der Waals surface area contributed by atoms with Crippen LogP contribution in [0.25, 0.3) is 0 Å². The van der Waals surface area contributed by atoms with E-state index in [1.165, 1.54) is 4.68 Å². The summed E-state index contributed by atoms with van der Waals surface area (Å²) in [5.74, 6) is 0. The maximum atomic E-state index is 13.9. The van der Waals surface area contributed by atoms with E-state index in [2.05, 4.69) is 51.5 Å². The number of hydrogen-bond acceptors (Lipinski definition) is 3. The molecule has 3 rings (SSSR count). The lowest BCUT2D eigenvalue weighted by Gasteiger charge is -2.39. The second kappa shape index (κ2) is 8.12. The zero-order valence-corrected chi connectivity index (χ0v) is 19.4. The summed E-state index contributed by atoms with van der Waals surface area (Å²) in [7, 11) is 0. The monoisotopic (exact) mass is 429 g/mol. The number of nitrogens with zero attached hydrogens (tertiary/aromatic N) is 3. The average molecular weight is 430 g/mol. The summed E-state index contributed by atoms with van der Waals surface area (Å²) in [5.41, 5.74) is -0.00223. The van der Waals surface area contributed by atoms with Gasteiger partial charge in [-0.25, -0.2) is 0 Å². The standard InChI is InChI=1S/C23H38F3N3O/c1-20(2,3)9-10-29-13-17(19(27-29)23(24,25)26)18-14-30-12-11-28(18)16-22(7-8-22)15-21(4,5)6/h13,18H,7-12,14-16H2,1-6H3. The quantitative estimate of drug-likeness (QED) is 0.562. The van der Waals surface area contributed by atoms with Gasteiger partial charge >= 0.3 is 6.18 Å². The first kappa shape index (κ1) is 23.6. The molecule has 2 aliphatic rings. The largest absolute Gasteiger partial charge is 0.435 e. The van der Waals surface area contributed by atoms with E-state index < -0.39 is 17.9 Å². The molecular weight excluding hydrogens is 391 g/mol. The maximum absolute atomic E-state index is 13.9. The first-order chi connectivity index (χ1) is 13.7. The highest BCUT2D eigenvalue weighted by Crippen LogP contribution is 2.54. The van der Waals surface area contributed by atoms with Gasteiger partial charge in [-0.1, -0.05) is 41.5 Å². The first-order valence-corrected chi connectivity index (χ1v) is 11.1. The Morgan fingerprint density at radius 3 is 2.30 bits per heavy atom. The van der Waals surface area contributed by atoms with Gasteiger partial charge in [0.2, 0.25) is 0 Å². The molecule has 7 heteroatoms. The van der Waals surface area contributed by atoms with E-state index in [1.54, 1.807) is 6.20 Å². The second-order valence-corrected chi connectivity index (χ2v) is 11.8. The van der Waals surface area contributed by atoms with Gasteiger partial charge in [0.1, 0.15) is 0 Å². The van der Waals surface area contributed by atoms with Crippen LogP contribution in [0.5, 0.6) is 0 Å². The smallest absolute Gasteiger partial charge is 0.378 e. The molecule has 2 fully saturated rings. The number of aryl methyl sites for hydroxylation is 1. The van der Waals surface area contributed by atoms with Crippen molar-refractivity contribution in [3.8, 4) is 0 Å². The average Bonchev–Trinajstić information content (AvgIpc) is 3.15. The summed E-state index contributed by atoms with van der Waals surface area (Å²) in [6, 6.07) is -0.392. The normalized spacial score (nSPS) is 23.0. The van der Waals surface area contributed by atoms with Crippen LogP contribution in [0.15, 0.2) is 6.20 Å². The predicted molar refractivity (Wildman–Crippen MR) is 112 cm³/mol. The van der Waals surface area contributed by atoms with Gasteiger partial charge in [-0.15, -0.1) is 0 Å². The van der Waals surface area contributed by atoms with Crippen molar-refractivity contribution < 1.29 is 17.9 Å². The van der Waals surface area contributed by atoms with Gasteiger partial charge in [0, 0.05) is 31.4 Å². The third kappa shape index (κ3) is 6.22. The maximum Gasteiger partial charge on any atom is 0.435 e. The number of morpholine rings is 1. The van der Waals surface area contributed by atoms with Gasteiger partial charge in [0.25, 0.3) is 0 Å². The Labute approximate surface area is 179 Å². The lowest BCUT2D eigenvalue weighted by Crippen LogP contribution is -2.43. The summed E-state index contributed by atoms with van der Waals surface area (Å²) in [5, 5.41) is 3.98. The minimum atomic E-state index is -4.46. The number of rotatable bonds is 6. The minimum absolute atomic E-state index is 0.0375. The second-order valence-electron chi connectivity index (χ2n) is 11.8. The molecule has 172 valence electrons. The highest BCUT2D eigenvalue weighted by molar-refractivity contribution is 5.25. The van der Waals surface area contributed by atoms with Gasteiger partial charge in [-0.2, -0.15) is 18.3 Å². The molecule has 1 atom stereocenters. The zero-order chi connectivity index (χ0) is 22.4. The molecule has 1 aromatic heterocycles. The molecule has 0 aromatic carbocycles. The summed E-state index contributed by atoms with van der Waals surface area (Å²) in [6.45, 7) is 15.8. The zero-order valence-electron chi connectivity index (χ0n) is 19.4. The molecule has 1 aliphatic carbocycles. The molecule has 1 saturated heterocycles. The van der Waals surface area contributed by atoms with Crippen LogP contribution in [0.1, 0.15) is 84.5 Å². The molecule has 1 aliphatic heterocycles. The summed E-state index contributed by atoms with van der Waals surface area (Å²) in [4.78, 5) is 2.22. The third-order valence-electron chi connectivity index (χ3n) is 6.15. The van der Waals surface area contributed by atoms with Gasteiger partial charge in [-0.3, -0.25) is 9.58 Å². The van der Waals surface area contributed by atoms with Crippen molar-refractivity contribution in [3.05, 3.63) is 17.5 Å². The SMILES string of the molecule is CC(C)(C)CCn1cc(C2COCCN2CC2(CC(C)(C)C)CC2)c(C(F)(F)F)n1. The van der Waals surface area contributed by atoms with Gasteiger partial charge in [-0.05, 0) is 41.9 Å². The molecule has 0 N–H and O–H groups in total. The van der Waals surface area contributed by atoms with E-state index in [4.69, 9.17) is 4.74 Å². The highest BCUT2D eigenvalue weighted by atomic mass is 19.4. The third-order valence-corrected chi connectivity index (χ3v) is 6.15. The Balaban J connectivity index is 1.84. The molecular formula is C23H38F3N3O. The summed E-state index contributed by atoms with van der Waals surface area (Å²) < 4.78 is 48.7. The van der Waals surface area contributed by atoms with Crippen LogP contribution in [0.2, 0.25) is 0 Å². The van der Waals surface area contributed by atoms with E-state index >= 15 is 0 Å². The minimum Gasteiger partial charge on any atom is -0.378 e. The topological polar surface area (TPSA) is 30.3 Å². The Morgan fingerprint density at radius 2 is 1.77 bits per heavy atom. The van der Waals surface area contributed by atoms with Crippen molar-refractivity contribution in [3.63, 3.8) is 0 Å². The fourth-order valence-electron chi connectivity index (χ4n) is 4.70. The fourth-order valence-corrected chi connectivity index (χ4v) is 4.70. The molecule has 0 bridgehead atoms. The number of alkyl halides is 3. The number of hydrogen-bond donors (Lipinski definition) is 0. The van der Waals surface area contributed by atoms with Crippen LogP contribution >= 0.6 is 0 Å². The molecule has 0 radical (unpaired) electrons. The summed E-state index contributed by atoms with van der Waals surface area (Å²) >= 11 is 0. The van der Waals surface area contributed by atoms with Crippen molar-refractivity contribution >= 4 is 0 Å². The molecule has 0 amide bonds. The van der Waals surface area contributed by atoms with Gasteiger partial charge in [0.15, 0.2) is 5.69 Å². The van der Waals surface area contributed by atoms with Crippen LogP contribution in [-0.4, -0.2) is 41.0 Å². The van der Waals surface area contributed by atoms with Gasteiger partial charge < -0.3 is 4.74 Å². The first-order valence-electron chi connectivity index (χ1n) is 11.1. The van der Waals surface area contributed by atoms with E-state index in [-0.39, 0.29) is 21.8 Å². The van der Waals surface area contributed by atoms with E-state index in [0.717, 1.165) is 32.2 Å². The van der Waals surface area contributed by atoms with Crippen molar-refractivity contribution in [2.24, 2.45) is 16.2 Å². The molecule has 30 heavy (non-hydrogen) atoms. The Hall–Kier alpha value is -1.08. The molecule has 1 unspecified atom stereocenters. The predicted octanol–water partition coefficient (Wildman–Crippen LogP) is 5.93. The van der Waals surface area contributed by atoms with Crippen LogP contribution in [0, 0.1) is 16.2 Å². The number of halogens is 3. The van der Waals surface area contributed by atoms with Crippen LogP contribution in [0.3, 0.4) is 0 Å². The molecule has 1 aromatic rings. The van der Waals surface area contributed by atoms with Crippen molar-refractivity contribution in [1.29, 1.82) is 0 Å². The number of ether oxygens (including phenoxy) is 1. The van der Waals surface area contributed by atoms with E-state index in [9.17, 15) is 13.2 Å². The molecule has 4 nitrogen and oxygen atoms in total. The Bertz CT molecular complexity index is 724. The van der Waals surface area contributed by atoms with Crippen LogP contribution < -0.4 is 0 Å². The lowest BCUT2D eigenvalue weighted by molar-refractivity contribution is -0.143. The Morgan fingerprint density at radius 1 is 1.10 bits per heavy atom. The summed E-state index contributed by atoms with van der Waals surface area (Å²) in [6.07, 6.45) is 1.33. The Kier molecular flexibility index (Phi) is 6.38. The molecule has 0 spiro atoms. The van der Waals surface area contributed by atoms with Crippen LogP contribution in [0.4, 0.5) is 13.2 Å². The van der Waals surface area contributed by atoms with E-state index in [1.807, 2.05) is 0 Å². The van der Waals surface area contributed by atoms with E-state index in [0.29, 0.717) is 26.3 Å². The lowest BCUT2D eigenvalue weighted by atomic mass is 9.82. The van der Waals surface area contributed by atoms with Crippen molar-refractivity contribution in [2.75, 3.05) is 26.3 Å². The van der Waals surface area contributed by atoms with Crippen LogP contribution in [-0.2, 0) is 17.5 Å². The molecule has 2 heterocycles. The highest BCUT2D eigenvalue weighted by Gasteiger charge is 2.48. The molecule has 1 saturated carbocycles. The van der Waals surface area contributed by atoms with Crippen molar-refractivity contribution in [2.45, 2.75) is 86.0 Å². The fraction of sp³-hybridized carbons (Fsp3) is 0.870. The number of aromatic nitrogens is 2. The van der Waals surface area contributed by atoms with Crippen molar-refractivity contribution in [1.82, 2.24) is 14.7 Å².